The predicted molar refractivity (Wildman–Crippen MR) is 76.5 cm³/mol. The smallest absolute Gasteiger partial charge is 0.241 e. The Kier molecular flexibility index (Phi) is 5.14. The Hall–Kier alpha value is -1.66. The van der Waals surface area contributed by atoms with Gasteiger partial charge in [-0.1, -0.05) is 6.07 Å². The molecule has 1 aromatic carbocycles. The maximum absolute atomic E-state index is 13.9. The molecule has 1 heterocycles. The normalized spacial score (nSPS) is 21.9. The molecule has 0 spiro atoms. The summed E-state index contributed by atoms with van der Waals surface area (Å²) >= 11 is 0. The predicted octanol–water partition coefficient (Wildman–Crippen LogP) is 1.69. The van der Waals surface area contributed by atoms with E-state index in [1.54, 1.807) is 24.1 Å². The molecule has 1 aliphatic heterocycles. The van der Waals surface area contributed by atoms with Gasteiger partial charge in [0.25, 0.3) is 0 Å². The summed E-state index contributed by atoms with van der Waals surface area (Å²) in [5, 5.41) is 3.19. The molecule has 0 bridgehead atoms. The summed E-state index contributed by atoms with van der Waals surface area (Å²) in [7, 11) is 3.05. The van der Waals surface area contributed by atoms with E-state index in [1.165, 1.54) is 13.2 Å². The van der Waals surface area contributed by atoms with E-state index in [9.17, 15) is 9.18 Å². The summed E-state index contributed by atoms with van der Waals surface area (Å²) in [5.41, 5.74) is 0.711. The van der Waals surface area contributed by atoms with Crippen LogP contribution in [0.5, 0.6) is 5.75 Å². The van der Waals surface area contributed by atoms with E-state index >= 15 is 0 Å². The number of nitrogens with one attached hydrogen (secondary N) is 1. The van der Waals surface area contributed by atoms with Crippen LogP contribution in [0.2, 0.25) is 0 Å². The summed E-state index contributed by atoms with van der Waals surface area (Å²) in [6.07, 6.45) is 0.427. The molecule has 0 saturated carbocycles. The molecule has 21 heavy (non-hydrogen) atoms. The maximum Gasteiger partial charge on any atom is 0.241 e. The number of halogens is 1. The third kappa shape index (κ3) is 3.33. The number of nitrogens with zero attached hydrogens (tertiary/aromatic N) is 1. The summed E-state index contributed by atoms with van der Waals surface area (Å²) in [4.78, 5) is 13.9. The lowest BCUT2D eigenvalue weighted by Gasteiger charge is -2.24. The number of hydrogen-bond acceptors (Lipinski definition) is 4. The summed E-state index contributed by atoms with van der Waals surface area (Å²) in [6, 6.07) is 4.48. The fourth-order valence-electron chi connectivity index (χ4n) is 2.52. The number of carbonyl (C=O) groups excluding carboxylic acids is 1. The van der Waals surface area contributed by atoms with Crippen molar-refractivity contribution in [2.24, 2.45) is 0 Å². The highest BCUT2D eigenvalue weighted by Crippen LogP contribution is 2.28. The SMILES string of the molecule is COCCCN1C(=O)C(C)NC1c1ccc(OC)c(F)c1. The van der Waals surface area contributed by atoms with Gasteiger partial charge in [-0.25, -0.2) is 4.39 Å². The van der Waals surface area contributed by atoms with Crippen LogP contribution in [0.15, 0.2) is 18.2 Å². The molecule has 0 aliphatic carbocycles. The molecule has 116 valence electrons. The molecular formula is C15H21FN2O3. The Labute approximate surface area is 124 Å². The van der Waals surface area contributed by atoms with E-state index in [2.05, 4.69) is 5.32 Å². The Morgan fingerprint density at radius 3 is 2.76 bits per heavy atom. The van der Waals surface area contributed by atoms with Crippen molar-refractivity contribution < 1.29 is 18.7 Å². The average molecular weight is 296 g/mol. The van der Waals surface area contributed by atoms with E-state index < -0.39 is 5.82 Å². The van der Waals surface area contributed by atoms with Crippen molar-refractivity contribution in [3.63, 3.8) is 0 Å². The highest BCUT2D eigenvalue weighted by atomic mass is 19.1. The quantitative estimate of drug-likeness (QED) is 0.812. The van der Waals surface area contributed by atoms with Crippen LogP contribution in [0.25, 0.3) is 0 Å². The van der Waals surface area contributed by atoms with E-state index in [-0.39, 0.29) is 23.9 Å². The largest absolute Gasteiger partial charge is 0.494 e. The molecule has 1 saturated heterocycles. The third-order valence-corrected chi connectivity index (χ3v) is 3.61. The number of amides is 1. The van der Waals surface area contributed by atoms with Gasteiger partial charge in [0.2, 0.25) is 5.91 Å². The van der Waals surface area contributed by atoms with Gasteiger partial charge in [-0.05, 0) is 31.0 Å². The molecule has 1 aliphatic rings. The summed E-state index contributed by atoms with van der Waals surface area (Å²) < 4.78 is 23.8. The molecule has 2 unspecified atom stereocenters. The minimum atomic E-state index is -0.430. The van der Waals surface area contributed by atoms with Crippen molar-refractivity contribution in [1.29, 1.82) is 0 Å². The van der Waals surface area contributed by atoms with Gasteiger partial charge in [0.05, 0.1) is 13.2 Å². The lowest BCUT2D eigenvalue weighted by molar-refractivity contribution is -0.130. The van der Waals surface area contributed by atoms with Crippen molar-refractivity contribution in [2.75, 3.05) is 27.4 Å². The monoisotopic (exact) mass is 296 g/mol. The molecule has 5 nitrogen and oxygen atoms in total. The van der Waals surface area contributed by atoms with Crippen molar-refractivity contribution in [3.8, 4) is 5.75 Å². The fourth-order valence-corrected chi connectivity index (χ4v) is 2.52. The first-order valence-corrected chi connectivity index (χ1v) is 6.97. The minimum Gasteiger partial charge on any atom is -0.494 e. The molecule has 2 rings (SSSR count). The van der Waals surface area contributed by atoms with Crippen molar-refractivity contribution in [3.05, 3.63) is 29.6 Å². The Morgan fingerprint density at radius 1 is 1.38 bits per heavy atom. The van der Waals surface area contributed by atoms with Gasteiger partial charge in [0.15, 0.2) is 11.6 Å². The molecular weight excluding hydrogens is 275 g/mol. The zero-order valence-electron chi connectivity index (χ0n) is 12.6. The number of ether oxygens (including phenoxy) is 2. The van der Waals surface area contributed by atoms with Gasteiger partial charge in [-0.2, -0.15) is 0 Å². The molecule has 1 fully saturated rings. The first-order valence-electron chi connectivity index (χ1n) is 6.97. The van der Waals surface area contributed by atoms with Crippen molar-refractivity contribution in [1.82, 2.24) is 10.2 Å². The third-order valence-electron chi connectivity index (χ3n) is 3.61. The van der Waals surface area contributed by atoms with Crippen molar-refractivity contribution in [2.45, 2.75) is 25.6 Å². The zero-order chi connectivity index (χ0) is 15.4. The summed E-state index contributed by atoms with van der Waals surface area (Å²) in [6.45, 7) is 2.97. The highest BCUT2D eigenvalue weighted by molar-refractivity contribution is 5.84. The first kappa shape index (κ1) is 15.7. The van der Waals surface area contributed by atoms with E-state index in [0.29, 0.717) is 18.7 Å². The number of hydrogen-bond donors (Lipinski definition) is 1. The molecule has 0 aromatic heterocycles. The Morgan fingerprint density at radius 2 is 2.14 bits per heavy atom. The van der Waals surface area contributed by atoms with Crippen LogP contribution in [-0.2, 0) is 9.53 Å². The van der Waals surface area contributed by atoms with Gasteiger partial charge in [-0.15, -0.1) is 0 Å². The lowest BCUT2D eigenvalue weighted by Crippen LogP contribution is -2.32. The first-order chi connectivity index (χ1) is 10.1. The molecule has 0 radical (unpaired) electrons. The van der Waals surface area contributed by atoms with Crippen LogP contribution in [0.3, 0.4) is 0 Å². The van der Waals surface area contributed by atoms with Gasteiger partial charge in [0, 0.05) is 20.3 Å². The Bertz CT molecular complexity index is 510. The maximum atomic E-state index is 13.9. The van der Waals surface area contributed by atoms with Crippen LogP contribution in [-0.4, -0.2) is 44.2 Å². The lowest BCUT2D eigenvalue weighted by atomic mass is 10.1. The van der Waals surface area contributed by atoms with Gasteiger partial charge < -0.3 is 14.4 Å². The minimum absolute atomic E-state index is 0.0207. The number of carbonyl (C=O) groups is 1. The van der Waals surface area contributed by atoms with Gasteiger partial charge in [-0.3, -0.25) is 10.1 Å². The fraction of sp³-hybridized carbons (Fsp3) is 0.533. The van der Waals surface area contributed by atoms with E-state index in [4.69, 9.17) is 9.47 Å². The second-order valence-electron chi connectivity index (χ2n) is 5.06. The molecule has 1 N–H and O–H groups in total. The molecule has 2 atom stereocenters. The van der Waals surface area contributed by atoms with Crippen LogP contribution >= 0.6 is 0 Å². The average Bonchev–Trinajstić information content (AvgIpc) is 2.75. The second-order valence-corrected chi connectivity index (χ2v) is 5.06. The topological polar surface area (TPSA) is 50.8 Å². The second kappa shape index (κ2) is 6.87. The standard InChI is InChI=1S/C15H21FN2O3/c1-10-15(19)18(7-4-8-20-2)14(17-10)11-5-6-13(21-3)12(16)9-11/h5-6,9-10,14,17H,4,7-8H2,1-3H3. The molecule has 6 heteroatoms. The Balaban J connectivity index is 2.19. The van der Waals surface area contributed by atoms with Crippen LogP contribution in [0.1, 0.15) is 25.1 Å². The molecule has 1 amide bonds. The highest BCUT2D eigenvalue weighted by Gasteiger charge is 2.36. The summed E-state index contributed by atoms with van der Waals surface area (Å²) in [5.74, 6) is -0.213. The van der Waals surface area contributed by atoms with Crippen LogP contribution < -0.4 is 10.1 Å². The van der Waals surface area contributed by atoms with Crippen LogP contribution in [0.4, 0.5) is 4.39 Å². The number of benzene rings is 1. The van der Waals surface area contributed by atoms with Crippen molar-refractivity contribution >= 4 is 5.91 Å². The van der Waals surface area contributed by atoms with Gasteiger partial charge in [0.1, 0.15) is 6.17 Å². The van der Waals surface area contributed by atoms with Gasteiger partial charge >= 0.3 is 0 Å². The zero-order valence-corrected chi connectivity index (χ0v) is 12.6. The number of rotatable bonds is 6. The molecule has 1 aromatic rings. The van der Waals surface area contributed by atoms with E-state index in [0.717, 1.165) is 6.42 Å². The number of methoxy groups -OCH3 is 2. The van der Waals surface area contributed by atoms with Crippen LogP contribution in [0, 0.1) is 5.82 Å². The van der Waals surface area contributed by atoms with E-state index in [1.807, 2.05) is 6.92 Å².